The number of carboxylic acid groups (broad SMARTS) is 1. The second kappa shape index (κ2) is 6.99. The average molecular weight is 363 g/mol. The number of carboxylic acids is 1. The Hall–Kier alpha value is -3.55. The molecule has 1 aromatic carbocycles. The van der Waals surface area contributed by atoms with E-state index in [1.165, 1.54) is 5.01 Å². The maximum Gasteiger partial charge on any atom is 0.303 e. The molecular formula is C19H17N5O3. The lowest BCUT2D eigenvalue weighted by molar-refractivity contribution is -0.141. The minimum absolute atomic E-state index is 0.117. The zero-order valence-electron chi connectivity index (χ0n) is 14.4. The fourth-order valence-electron chi connectivity index (χ4n) is 3.10. The summed E-state index contributed by atoms with van der Waals surface area (Å²) in [7, 11) is 0. The number of aliphatic carboxylic acids is 1. The molecule has 1 unspecified atom stereocenters. The summed E-state index contributed by atoms with van der Waals surface area (Å²) in [6.45, 7) is 0. The molecule has 3 heterocycles. The van der Waals surface area contributed by atoms with Gasteiger partial charge in [0, 0.05) is 19.0 Å². The summed E-state index contributed by atoms with van der Waals surface area (Å²) in [5, 5.41) is 14.7. The van der Waals surface area contributed by atoms with Crippen LogP contribution in [0, 0.1) is 0 Å². The third-order valence-corrected chi connectivity index (χ3v) is 4.44. The van der Waals surface area contributed by atoms with Crippen LogP contribution in [0.15, 0.2) is 53.9 Å². The Bertz CT molecular complexity index is 1030. The van der Waals surface area contributed by atoms with Crippen LogP contribution in [0.2, 0.25) is 0 Å². The third kappa shape index (κ3) is 3.41. The Kier molecular flexibility index (Phi) is 4.37. The van der Waals surface area contributed by atoms with E-state index in [-0.39, 0.29) is 18.7 Å². The van der Waals surface area contributed by atoms with Crippen molar-refractivity contribution in [2.24, 2.45) is 5.10 Å². The summed E-state index contributed by atoms with van der Waals surface area (Å²) in [6, 6.07) is 10.8. The molecule has 8 nitrogen and oxygen atoms in total. The Labute approximate surface area is 154 Å². The van der Waals surface area contributed by atoms with Gasteiger partial charge in [-0.15, -0.1) is 0 Å². The normalized spacial score (nSPS) is 16.5. The molecular weight excluding hydrogens is 346 g/mol. The first-order chi connectivity index (χ1) is 13.1. The van der Waals surface area contributed by atoms with Gasteiger partial charge in [0.2, 0.25) is 5.91 Å². The van der Waals surface area contributed by atoms with Crippen molar-refractivity contribution >= 4 is 28.6 Å². The van der Waals surface area contributed by atoms with E-state index in [2.05, 4.69) is 20.1 Å². The average Bonchev–Trinajstić information content (AvgIpc) is 3.35. The number of hydrogen-bond donors (Lipinski definition) is 2. The van der Waals surface area contributed by atoms with Gasteiger partial charge < -0.3 is 10.1 Å². The lowest BCUT2D eigenvalue weighted by atomic mass is 10.1. The molecule has 0 aliphatic carbocycles. The highest BCUT2D eigenvalue weighted by molar-refractivity contribution is 6.01. The number of benzene rings is 1. The molecule has 0 fully saturated rings. The molecule has 136 valence electrons. The maximum atomic E-state index is 12.6. The van der Waals surface area contributed by atoms with Crippen molar-refractivity contribution in [1.29, 1.82) is 0 Å². The first-order valence-corrected chi connectivity index (χ1v) is 8.58. The largest absolute Gasteiger partial charge is 0.481 e. The van der Waals surface area contributed by atoms with Crippen molar-refractivity contribution in [1.82, 2.24) is 20.0 Å². The molecule has 2 aromatic heterocycles. The zero-order valence-corrected chi connectivity index (χ0v) is 14.4. The Morgan fingerprint density at radius 2 is 1.96 bits per heavy atom. The summed E-state index contributed by atoms with van der Waals surface area (Å²) in [5.41, 5.74) is 3.68. The van der Waals surface area contributed by atoms with E-state index in [4.69, 9.17) is 5.11 Å². The standard InChI is InChI=1S/C19H17N5O3/c25-18(7-8-19(26)27)24-17(10-15(23-24)13-6-3-9-20-13)16-11-21-12-4-1-2-5-14(12)22-16/h1-6,9,11,17,20H,7-8,10H2,(H,26,27). The number of carbonyl (C=O) groups excluding carboxylic acids is 1. The van der Waals surface area contributed by atoms with Crippen LogP contribution in [0.4, 0.5) is 0 Å². The predicted molar refractivity (Wildman–Crippen MR) is 97.9 cm³/mol. The number of hydrazone groups is 1. The van der Waals surface area contributed by atoms with Crippen molar-refractivity contribution in [2.75, 3.05) is 0 Å². The second-order valence-corrected chi connectivity index (χ2v) is 6.27. The van der Waals surface area contributed by atoms with Crippen molar-refractivity contribution < 1.29 is 14.7 Å². The summed E-state index contributed by atoms with van der Waals surface area (Å²) < 4.78 is 0. The van der Waals surface area contributed by atoms with Gasteiger partial charge in [0.15, 0.2) is 0 Å². The van der Waals surface area contributed by atoms with Gasteiger partial charge in [-0.25, -0.2) is 9.99 Å². The van der Waals surface area contributed by atoms with E-state index in [1.54, 1.807) is 12.4 Å². The van der Waals surface area contributed by atoms with Crippen LogP contribution in [-0.4, -0.2) is 42.7 Å². The lowest BCUT2D eigenvalue weighted by Crippen LogP contribution is -2.28. The molecule has 1 aliphatic heterocycles. The maximum absolute atomic E-state index is 12.6. The van der Waals surface area contributed by atoms with Gasteiger partial charge in [0.05, 0.1) is 40.8 Å². The minimum atomic E-state index is -1.02. The number of aromatic nitrogens is 3. The van der Waals surface area contributed by atoms with Crippen LogP contribution < -0.4 is 0 Å². The van der Waals surface area contributed by atoms with Crippen LogP contribution in [-0.2, 0) is 9.59 Å². The van der Waals surface area contributed by atoms with Gasteiger partial charge in [0.25, 0.3) is 0 Å². The molecule has 0 radical (unpaired) electrons. The lowest BCUT2D eigenvalue weighted by Gasteiger charge is -2.21. The summed E-state index contributed by atoms with van der Waals surface area (Å²) in [4.78, 5) is 35.6. The highest BCUT2D eigenvalue weighted by atomic mass is 16.4. The van der Waals surface area contributed by atoms with Crippen molar-refractivity contribution in [3.05, 3.63) is 60.2 Å². The van der Waals surface area contributed by atoms with Crippen LogP contribution in [0.1, 0.15) is 36.7 Å². The molecule has 2 N–H and O–H groups in total. The van der Waals surface area contributed by atoms with E-state index in [1.807, 2.05) is 36.4 Å². The summed E-state index contributed by atoms with van der Waals surface area (Å²) in [5.74, 6) is -1.36. The Balaban J connectivity index is 1.67. The van der Waals surface area contributed by atoms with E-state index in [9.17, 15) is 9.59 Å². The zero-order chi connectivity index (χ0) is 18.8. The number of nitrogens with zero attached hydrogens (tertiary/aromatic N) is 4. The van der Waals surface area contributed by atoms with Gasteiger partial charge >= 0.3 is 5.97 Å². The molecule has 1 aliphatic rings. The van der Waals surface area contributed by atoms with E-state index in [0.717, 1.165) is 22.4 Å². The summed E-state index contributed by atoms with van der Waals surface area (Å²) in [6.07, 6.45) is 3.56. The number of aromatic amines is 1. The predicted octanol–water partition coefficient (Wildman–Crippen LogP) is 2.50. The number of amides is 1. The van der Waals surface area contributed by atoms with E-state index >= 15 is 0 Å². The number of nitrogens with one attached hydrogen (secondary N) is 1. The molecule has 0 saturated carbocycles. The van der Waals surface area contributed by atoms with E-state index in [0.29, 0.717) is 12.1 Å². The fourth-order valence-corrected chi connectivity index (χ4v) is 3.10. The Morgan fingerprint density at radius 1 is 1.15 bits per heavy atom. The third-order valence-electron chi connectivity index (χ3n) is 4.44. The quantitative estimate of drug-likeness (QED) is 0.723. The molecule has 1 atom stereocenters. The molecule has 27 heavy (non-hydrogen) atoms. The molecule has 1 amide bonds. The fraction of sp³-hybridized carbons (Fsp3) is 0.211. The first-order valence-electron chi connectivity index (χ1n) is 8.58. The van der Waals surface area contributed by atoms with Gasteiger partial charge in [-0.05, 0) is 24.3 Å². The minimum Gasteiger partial charge on any atom is -0.481 e. The number of carbonyl (C=O) groups is 2. The first kappa shape index (κ1) is 16.9. The van der Waals surface area contributed by atoms with Crippen molar-refractivity contribution in [2.45, 2.75) is 25.3 Å². The number of hydrogen-bond acceptors (Lipinski definition) is 5. The van der Waals surface area contributed by atoms with Crippen molar-refractivity contribution in [3.63, 3.8) is 0 Å². The van der Waals surface area contributed by atoms with Gasteiger partial charge in [-0.3, -0.25) is 14.6 Å². The van der Waals surface area contributed by atoms with Gasteiger partial charge in [-0.1, -0.05) is 12.1 Å². The second-order valence-electron chi connectivity index (χ2n) is 6.27. The summed E-state index contributed by atoms with van der Waals surface area (Å²) >= 11 is 0. The Morgan fingerprint density at radius 3 is 2.70 bits per heavy atom. The van der Waals surface area contributed by atoms with Crippen LogP contribution >= 0.6 is 0 Å². The topological polar surface area (TPSA) is 112 Å². The highest BCUT2D eigenvalue weighted by Crippen LogP contribution is 2.32. The molecule has 4 rings (SSSR count). The molecule has 8 heteroatoms. The van der Waals surface area contributed by atoms with Crippen LogP contribution in [0.5, 0.6) is 0 Å². The molecule has 0 spiro atoms. The van der Waals surface area contributed by atoms with Crippen molar-refractivity contribution in [3.8, 4) is 0 Å². The van der Waals surface area contributed by atoms with E-state index < -0.39 is 12.0 Å². The molecule has 0 saturated heterocycles. The van der Waals surface area contributed by atoms with Crippen LogP contribution in [0.3, 0.4) is 0 Å². The number of para-hydroxylation sites is 2. The number of rotatable bonds is 5. The highest BCUT2D eigenvalue weighted by Gasteiger charge is 2.34. The number of fused-ring (bicyclic) bond motifs is 1. The smallest absolute Gasteiger partial charge is 0.303 e. The molecule has 3 aromatic rings. The van der Waals surface area contributed by atoms with Gasteiger partial charge in [-0.2, -0.15) is 5.10 Å². The monoisotopic (exact) mass is 363 g/mol. The number of H-pyrrole nitrogens is 1. The molecule has 0 bridgehead atoms. The van der Waals surface area contributed by atoms with Gasteiger partial charge in [0.1, 0.15) is 6.04 Å². The SMILES string of the molecule is O=C(O)CCC(=O)N1N=C(c2ccc[nH]2)CC1c1cnc2ccccc2n1. The van der Waals surface area contributed by atoms with Crippen LogP contribution in [0.25, 0.3) is 11.0 Å².